The number of hydrogen-bond acceptors (Lipinski definition) is 4. The first-order valence-corrected chi connectivity index (χ1v) is 11.3. The van der Waals surface area contributed by atoms with Crippen LogP contribution in [-0.2, 0) is 15.0 Å². The molecule has 2 heterocycles. The van der Waals surface area contributed by atoms with Gasteiger partial charge in [-0.05, 0) is 65.5 Å². The van der Waals surface area contributed by atoms with Gasteiger partial charge in [-0.2, -0.15) is 0 Å². The molecule has 0 radical (unpaired) electrons. The van der Waals surface area contributed by atoms with Crippen LogP contribution in [0.1, 0.15) is 85.8 Å². The van der Waals surface area contributed by atoms with Crippen molar-refractivity contribution in [1.29, 1.82) is 0 Å². The molecule has 1 unspecified atom stereocenters. The van der Waals surface area contributed by atoms with Crippen molar-refractivity contribution in [2.45, 2.75) is 97.6 Å². The molecule has 29 heavy (non-hydrogen) atoms. The second-order valence-corrected chi connectivity index (χ2v) is 9.21. The Morgan fingerprint density at radius 1 is 1.00 bits per heavy atom. The number of imide groups is 1. The highest BCUT2D eigenvalue weighted by Gasteiger charge is 2.55. The number of carbonyl (C=O) groups is 2. The largest absolute Gasteiger partial charge is 0.298 e. The van der Waals surface area contributed by atoms with E-state index in [0.29, 0.717) is 24.9 Å². The summed E-state index contributed by atoms with van der Waals surface area (Å²) in [4.78, 5) is 33.4. The fourth-order valence-electron chi connectivity index (χ4n) is 5.19. The zero-order valence-electron chi connectivity index (χ0n) is 19.1. The summed E-state index contributed by atoms with van der Waals surface area (Å²) in [5.74, 6) is -0.279. The quantitative estimate of drug-likeness (QED) is 0.588. The fourth-order valence-corrected chi connectivity index (χ4v) is 5.19. The number of nitrogens with zero attached hydrogens (tertiary/aromatic N) is 2. The number of pyridine rings is 1. The number of hydrogen-bond donors (Lipinski definition) is 1. The number of rotatable bonds is 10. The van der Waals surface area contributed by atoms with Gasteiger partial charge in [0, 0.05) is 24.8 Å². The Hall–Kier alpha value is -1.75. The van der Waals surface area contributed by atoms with Crippen LogP contribution in [0.2, 0.25) is 0 Å². The van der Waals surface area contributed by atoms with Gasteiger partial charge in [0.1, 0.15) is 0 Å². The first kappa shape index (κ1) is 23.5. The molecule has 162 valence electrons. The highest BCUT2D eigenvalue weighted by molar-refractivity contribution is 6.05. The number of aromatic nitrogens is 1. The van der Waals surface area contributed by atoms with Crippen molar-refractivity contribution in [1.82, 2.24) is 15.2 Å². The van der Waals surface area contributed by atoms with Crippen LogP contribution in [0.4, 0.5) is 0 Å². The van der Waals surface area contributed by atoms with Crippen LogP contribution in [-0.4, -0.2) is 40.3 Å². The van der Waals surface area contributed by atoms with Crippen molar-refractivity contribution in [2.75, 3.05) is 6.54 Å². The monoisotopic (exact) mass is 401 g/mol. The van der Waals surface area contributed by atoms with Crippen molar-refractivity contribution >= 4 is 11.8 Å². The Morgan fingerprint density at radius 3 is 2.10 bits per heavy atom. The molecule has 1 aromatic rings. The van der Waals surface area contributed by atoms with Crippen LogP contribution in [0, 0.1) is 5.41 Å². The van der Waals surface area contributed by atoms with Crippen molar-refractivity contribution in [3.63, 3.8) is 0 Å². The summed E-state index contributed by atoms with van der Waals surface area (Å²) in [6.07, 6.45) is 6.40. The zero-order valence-corrected chi connectivity index (χ0v) is 19.1. The van der Waals surface area contributed by atoms with Gasteiger partial charge in [-0.25, -0.2) is 0 Å². The Labute approximate surface area is 176 Å². The number of piperidine rings is 1. The molecule has 1 N–H and O–H groups in total. The molecular weight excluding hydrogens is 362 g/mol. The lowest BCUT2D eigenvalue weighted by atomic mass is 9.60. The molecule has 1 aliphatic heterocycles. The van der Waals surface area contributed by atoms with E-state index >= 15 is 0 Å². The van der Waals surface area contributed by atoms with Gasteiger partial charge in [-0.1, -0.05) is 32.8 Å². The van der Waals surface area contributed by atoms with Crippen LogP contribution in [0.3, 0.4) is 0 Å². The van der Waals surface area contributed by atoms with E-state index in [2.05, 4.69) is 56.7 Å². The minimum Gasteiger partial charge on any atom is -0.298 e. The Bertz CT molecular complexity index is 673. The first-order chi connectivity index (χ1) is 13.7. The van der Waals surface area contributed by atoms with E-state index < -0.39 is 10.8 Å². The van der Waals surface area contributed by atoms with Crippen LogP contribution >= 0.6 is 0 Å². The smallest absolute Gasteiger partial charge is 0.238 e. The number of carbonyl (C=O) groups excluding carboxylic acids is 2. The van der Waals surface area contributed by atoms with E-state index in [9.17, 15) is 9.59 Å². The number of amides is 2. The third kappa shape index (κ3) is 4.88. The second kappa shape index (κ2) is 9.84. The first-order valence-electron chi connectivity index (χ1n) is 11.3. The van der Waals surface area contributed by atoms with Gasteiger partial charge >= 0.3 is 0 Å². The normalized spacial score (nSPS) is 21.8. The van der Waals surface area contributed by atoms with Gasteiger partial charge in [0.15, 0.2) is 0 Å². The van der Waals surface area contributed by atoms with Crippen LogP contribution < -0.4 is 5.32 Å². The highest BCUT2D eigenvalue weighted by Crippen LogP contribution is 2.48. The molecule has 0 saturated carbocycles. The highest BCUT2D eigenvalue weighted by atomic mass is 16.2. The Morgan fingerprint density at radius 2 is 1.62 bits per heavy atom. The number of nitrogens with one attached hydrogen (secondary N) is 1. The lowest BCUT2D eigenvalue weighted by molar-refractivity contribution is -0.149. The van der Waals surface area contributed by atoms with Gasteiger partial charge < -0.3 is 0 Å². The molecule has 0 aliphatic carbocycles. The van der Waals surface area contributed by atoms with Gasteiger partial charge in [0.25, 0.3) is 0 Å². The Balaban J connectivity index is 2.50. The minimum absolute atomic E-state index is 0.0951. The maximum atomic E-state index is 13.4. The predicted molar refractivity (Wildman–Crippen MR) is 118 cm³/mol. The molecule has 2 rings (SSSR count). The average molecular weight is 402 g/mol. The SMILES string of the molecule is CCCC1(CCC)CC(CCN(C(C)C)C(C)C)(c2ccccn2)C(=O)NC1=O. The topological polar surface area (TPSA) is 62.3 Å². The summed E-state index contributed by atoms with van der Waals surface area (Å²) < 4.78 is 0. The molecule has 0 aromatic carbocycles. The summed E-state index contributed by atoms with van der Waals surface area (Å²) >= 11 is 0. The van der Waals surface area contributed by atoms with Gasteiger partial charge in [0.05, 0.1) is 16.5 Å². The summed E-state index contributed by atoms with van der Waals surface area (Å²) in [7, 11) is 0. The Kier molecular flexibility index (Phi) is 7.98. The van der Waals surface area contributed by atoms with Crippen molar-refractivity contribution in [3.05, 3.63) is 30.1 Å². The maximum Gasteiger partial charge on any atom is 0.238 e. The summed E-state index contributed by atoms with van der Waals surface area (Å²) in [6, 6.07) is 6.55. The maximum absolute atomic E-state index is 13.4. The van der Waals surface area contributed by atoms with E-state index in [0.717, 1.165) is 37.9 Å². The molecule has 1 aliphatic rings. The molecule has 2 amide bonds. The van der Waals surface area contributed by atoms with E-state index in [-0.39, 0.29) is 11.8 Å². The molecule has 5 heteroatoms. The van der Waals surface area contributed by atoms with Gasteiger partial charge in [0.2, 0.25) is 11.8 Å². The fraction of sp³-hybridized carbons (Fsp3) is 0.708. The van der Waals surface area contributed by atoms with Crippen LogP contribution in [0.25, 0.3) is 0 Å². The van der Waals surface area contributed by atoms with Gasteiger partial charge in [-0.15, -0.1) is 0 Å². The van der Waals surface area contributed by atoms with E-state index in [1.54, 1.807) is 6.20 Å². The lowest BCUT2D eigenvalue weighted by Gasteiger charge is -2.47. The molecule has 1 saturated heterocycles. The van der Waals surface area contributed by atoms with E-state index in [4.69, 9.17) is 0 Å². The second-order valence-electron chi connectivity index (χ2n) is 9.21. The molecule has 1 atom stereocenters. The van der Waals surface area contributed by atoms with Crippen molar-refractivity contribution in [3.8, 4) is 0 Å². The zero-order chi connectivity index (χ0) is 21.7. The lowest BCUT2D eigenvalue weighted by Crippen LogP contribution is -2.61. The van der Waals surface area contributed by atoms with Gasteiger partial charge in [-0.3, -0.25) is 24.8 Å². The molecular formula is C24H39N3O2. The van der Waals surface area contributed by atoms with E-state index in [1.165, 1.54) is 0 Å². The summed E-state index contributed by atoms with van der Waals surface area (Å²) in [5, 5.41) is 2.78. The van der Waals surface area contributed by atoms with Crippen molar-refractivity contribution < 1.29 is 9.59 Å². The molecule has 0 bridgehead atoms. The molecule has 0 spiro atoms. The van der Waals surface area contributed by atoms with Crippen LogP contribution in [0.15, 0.2) is 24.4 Å². The average Bonchev–Trinajstić information content (AvgIpc) is 2.66. The third-order valence-electron chi connectivity index (χ3n) is 6.52. The van der Waals surface area contributed by atoms with Crippen LogP contribution in [0.5, 0.6) is 0 Å². The van der Waals surface area contributed by atoms with Crippen molar-refractivity contribution in [2.24, 2.45) is 5.41 Å². The summed E-state index contributed by atoms with van der Waals surface area (Å²) in [5.41, 5.74) is -0.495. The van der Waals surface area contributed by atoms with E-state index in [1.807, 2.05) is 18.2 Å². The summed E-state index contributed by atoms with van der Waals surface area (Å²) in [6.45, 7) is 13.8. The molecule has 1 aromatic heterocycles. The third-order valence-corrected chi connectivity index (χ3v) is 6.52. The minimum atomic E-state index is -0.776. The standard InChI is InChI=1S/C24H39N3O2/c1-7-12-23(13-8-2)17-24(22(29)26-21(23)28,20-11-9-10-15-25-20)14-16-27(18(3)4)19(5)6/h9-11,15,18-19H,7-8,12-14,16-17H2,1-6H3,(H,26,28,29). The molecule has 1 fully saturated rings. The molecule has 5 nitrogen and oxygen atoms in total. The predicted octanol–water partition coefficient (Wildman–Crippen LogP) is 4.46.